The van der Waals surface area contributed by atoms with Gasteiger partial charge >= 0.3 is 0 Å². The van der Waals surface area contributed by atoms with Crippen LogP contribution in [0.1, 0.15) is 63.5 Å². The highest BCUT2D eigenvalue weighted by molar-refractivity contribution is 8.00. The second-order valence-electron chi connectivity index (χ2n) is 9.05. The highest BCUT2D eigenvalue weighted by Gasteiger charge is 2.35. The summed E-state index contributed by atoms with van der Waals surface area (Å²) < 4.78 is 0. The zero-order valence-corrected chi connectivity index (χ0v) is 18.7. The molecule has 2 amide bonds. The van der Waals surface area contributed by atoms with Crippen LogP contribution >= 0.6 is 11.8 Å². The Morgan fingerprint density at radius 2 is 1.79 bits per heavy atom. The first-order valence-electron chi connectivity index (χ1n) is 10.1. The molecule has 0 saturated carbocycles. The van der Waals surface area contributed by atoms with Crippen LogP contribution in [0, 0.1) is 5.41 Å². The molecule has 0 aromatic heterocycles. The minimum absolute atomic E-state index is 0.0168. The Morgan fingerprint density at radius 3 is 2.41 bits per heavy atom. The van der Waals surface area contributed by atoms with E-state index >= 15 is 0 Å². The van der Waals surface area contributed by atoms with E-state index in [0.29, 0.717) is 18.1 Å². The summed E-state index contributed by atoms with van der Waals surface area (Å²) in [5.74, 6) is 0.964. The molecule has 2 aromatic carbocycles. The van der Waals surface area contributed by atoms with Crippen molar-refractivity contribution in [2.24, 2.45) is 5.41 Å². The van der Waals surface area contributed by atoms with Crippen LogP contribution < -0.4 is 10.2 Å². The van der Waals surface area contributed by atoms with E-state index in [4.69, 9.17) is 0 Å². The smallest absolute Gasteiger partial charge is 0.238 e. The number of rotatable bonds is 5. The minimum atomic E-state index is -0.0540. The van der Waals surface area contributed by atoms with Crippen LogP contribution in [0.2, 0.25) is 0 Å². The average Bonchev–Trinajstić information content (AvgIpc) is 3.02. The lowest BCUT2D eigenvalue weighted by Gasteiger charge is -2.27. The van der Waals surface area contributed by atoms with Crippen molar-refractivity contribution in [2.75, 3.05) is 16.0 Å². The number of para-hydroxylation sites is 1. The van der Waals surface area contributed by atoms with Gasteiger partial charge in [-0.15, -0.1) is 11.8 Å². The molecule has 3 rings (SSSR count). The van der Waals surface area contributed by atoms with Crippen molar-refractivity contribution in [3.05, 3.63) is 59.7 Å². The molecule has 1 fully saturated rings. The Kier molecular flexibility index (Phi) is 6.37. The maximum Gasteiger partial charge on any atom is 0.238 e. The molecule has 0 bridgehead atoms. The zero-order chi connectivity index (χ0) is 21.2. The fraction of sp³-hybridized carbons (Fsp3) is 0.417. The minimum Gasteiger partial charge on any atom is -0.326 e. The molecule has 1 unspecified atom stereocenters. The van der Waals surface area contributed by atoms with Gasteiger partial charge in [-0.3, -0.25) is 14.5 Å². The van der Waals surface area contributed by atoms with Crippen molar-refractivity contribution >= 4 is 35.0 Å². The van der Waals surface area contributed by atoms with Crippen LogP contribution in [-0.2, 0) is 9.59 Å². The van der Waals surface area contributed by atoms with Crippen LogP contribution in [0.15, 0.2) is 48.5 Å². The van der Waals surface area contributed by atoms with E-state index in [0.717, 1.165) is 16.9 Å². The molecule has 29 heavy (non-hydrogen) atoms. The number of carbonyl (C=O) groups is 2. The maximum atomic E-state index is 12.7. The molecule has 0 radical (unpaired) electrons. The predicted molar refractivity (Wildman–Crippen MR) is 122 cm³/mol. The van der Waals surface area contributed by atoms with E-state index < -0.39 is 0 Å². The second-order valence-corrected chi connectivity index (χ2v) is 10.1. The zero-order valence-electron chi connectivity index (χ0n) is 17.9. The Hall–Kier alpha value is -2.27. The number of anilines is 2. The number of nitrogens with zero attached hydrogens (tertiary/aromatic N) is 1. The summed E-state index contributed by atoms with van der Waals surface area (Å²) >= 11 is 1.64. The number of nitrogens with one attached hydrogen (secondary N) is 1. The number of hydrogen-bond donors (Lipinski definition) is 1. The molecule has 154 valence electrons. The van der Waals surface area contributed by atoms with Crippen molar-refractivity contribution in [2.45, 2.75) is 52.3 Å². The quantitative estimate of drug-likeness (QED) is 0.661. The molecule has 1 aliphatic heterocycles. The maximum absolute atomic E-state index is 12.7. The third kappa shape index (κ3) is 5.21. The Morgan fingerprint density at radius 1 is 1.14 bits per heavy atom. The monoisotopic (exact) mass is 410 g/mol. The molecule has 1 heterocycles. The standard InChI is InChI=1S/C24H30N2O2S/c1-16(2)19-8-6-7-9-20(19)26-22(28)15-29-23(26)17-10-12-18(13-11-17)25-21(27)14-24(3,4)5/h6-13,16,23H,14-15H2,1-5H3,(H,25,27). The first kappa shape index (κ1) is 21.4. The van der Waals surface area contributed by atoms with Gasteiger partial charge in [0.05, 0.1) is 5.75 Å². The summed E-state index contributed by atoms with van der Waals surface area (Å²) in [6, 6.07) is 16.0. The lowest BCUT2D eigenvalue weighted by molar-refractivity contribution is -0.118. The topological polar surface area (TPSA) is 49.4 Å². The second kappa shape index (κ2) is 8.62. The summed E-state index contributed by atoms with van der Waals surface area (Å²) in [6.45, 7) is 10.4. The molecule has 1 aliphatic rings. The van der Waals surface area contributed by atoms with Gasteiger partial charge in [0.15, 0.2) is 0 Å². The Bertz CT molecular complexity index is 884. The van der Waals surface area contributed by atoms with E-state index in [-0.39, 0.29) is 22.6 Å². The lowest BCUT2D eigenvalue weighted by Crippen LogP contribution is -2.29. The van der Waals surface area contributed by atoms with E-state index in [2.05, 4.69) is 25.2 Å². The Labute approximate surface area is 178 Å². The first-order valence-corrected chi connectivity index (χ1v) is 11.1. The van der Waals surface area contributed by atoms with E-state index in [9.17, 15) is 9.59 Å². The summed E-state index contributed by atoms with van der Waals surface area (Å²) in [6.07, 6.45) is 0.474. The van der Waals surface area contributed by atoms with Gasteiger partial charge in [-0.2, -0.15) is 0 Å². The number of thioether (sulfide) groups is 1. The van der Waals surface area contributed by atoms with Crippen LogP contribution in [0.3, 0.4) is 0 Å². The van der Waals surface area contributed by atoms with Crippen LogP contribution in [-0.4, -0.2) is 17.6 Å². The molecule has 1 atom stereocenters. The van der Waals surface area contributed by atoms with Gasteiger partial charge in [0.25, 0.3) is 0 Å². The Balaban J connectivity index is 1.81. The molecule has 2 aromatic rings. The van der Waals surface area contributed by atoms with Crippen molar-refractivity contribution in [3.8, 4) is 0 Å². The number of hydrogen-bond acceptors (Lipinski definition) is 3. The van der Waals surface area contributed by atoms with Crippen molar-refractivity contribution < 1.29 is 9.59 Å². The highest BCUT2D eigenvalue weighted by atomic mass is 32.2. The number of amides is 2. The first-order chi connectivity index (χ1) is 13.7. The largest absolute Gasteiger partial charge is 0.326 e. The molecule has 4 nitrogen and oxygen atoms in total. The van der Waals surface area contributed by atoms with Crippen molar-refractivity contribution in [3.63, 3.8) is 0 Å². The fourth-order valence-corrected chi connectivity index (χ4v) is 4.71. The van der Waals surface area contributed by atoms with E-state index in [1.807, 2.05) is 68.1 Å². The molecule has 1 saturated heterocycles. The van der Waals surface area contributed by atoms with Gasteiger partial charge in [-0.1, -0.05) is 65.0 Å². The molecule has 0 aliphatic carbocycles. The lowest BCUT2D eigenvalue weighted by atomic mass is 9.92. The van der Waals surface area contributed by atoms with E-state index in [1.54, 1.807) is 11.8 Å². The molecular formula is C24H30N2O2S. The van der Waals surface area contributed by atoms with Gasteiger partial charge in [0.1, 0.15) is 5.37 Å². The van der Waals surface area contributed by atoms with E-state index in [1.165, 1.54) is 5.56 Å². The van der Waals surface area contributed by atoms with Gasteiger partial charge in [0.2, 0.25) is 11.8 Å². The highest BCUT2D eigenvalue weighted by Crippen LogP contribution is 2.44. The SMILES string of the molecule is CC(C)c1ccccc1N1C(=O)CSC1c1ccc(NC(=O)CC(C)(C)C)cc1. The third-order valence-corrected chi connectivity index (χ3v) is 6.07. The predicted octanol–water partition coefficient (Wildman–Crippen LogP) is 5.96. The number of carbonyl (C=O) groups excluding carboxylic acids is 2. The molecule has 1 N–H and O–H groups in total. The van der Waals surface area contributed by atoms with Crippen LogP contribution in [0.5, 0.6) is 0 Å². The molecule has 5 heteroatoms. The third-order valence-electron chi connectivity index (χ3n) is 4.86. The summed E-state index contributed by atoms with van der Waals surface area (Å²) in [4.78, 5) is 26.8. The fourth-order valence-electron chi connectivity index (χ4n) is 3.54. The number of benzene rings is 2. The average molecular weight is 411 g/mol. The van der Waals surface area contributed by atoms with Crippen LogP contribution in [0.25, 0.3) is 0 Å². The summed E-state index contributed by atoms with van der Waals surface area (Å²) in [5, 5.41) is 2.91. The van der Waals surface area contributed by atoms with Gasteiger partial charge in [0, 0.05) is 17.8 Å². The molecule has 0 spiro atoms. The summed E-state index contributed by atoms with van der Waals surface area (Å²) in [5.41, 5.74) is 3.97. The van der Waals surface area contributed by atoms with Crippen molar-refractivity contribution in [1.29, 1.82) is 0 Å². The van der Waals surface area contributed by atoms with Gasteiger partial charge in [-0.25, -0.2) is 0 Å². The van der Waals surface area contributed by atoms with Crippen LogP contribution in [0.4, 0.5) is 11.4 Å². The normalized spacial score (nSPS) is 17.1. The van der Waals surface area contributed by atoms with Gasteiger partial charge < -0.3 is 5.32 Å². The molecular weight excluding hydrogens is 380 g/mol. The summed E-state index contributed by atoms with van der Waals surface area (Å²) in [7, 11) is 0. The van der Waals surface area contributed by atoms with Gasteiger partial charge in [-0.05, 0) is 40.7 Å². The van der Waals surface area contributed by atoms with Crippen molar-refractivity contribution in [1.82, 2.24) is 0 Å².